The van der Waals surface area contributed by atoms with E-state index in [-0.39, 0.29) is 17.3 Å². The molecule has 142 valence electrons. The Hall–Kier alpha value is -2.93. The number of carbonyl (C=O) groups excluding carboxylic acids is 1. The summed E-state index contributed by atoms with van der Waals surface area (Å²) in [5.74, 6) is -0.646. The number of anilines is 1. The summed E-state index contributed by atoms with van der Waals surface area (Å²) in [6.45, 7) is 6.15. The van der Waals surface area contributed by atoms with E-state index in [0.717, 1.165) is 22.1 Å². The molecule has 0 spiro atoms. The van der Waals surface area contributed by atoms with Crippen molar-refractivity contribution in [3.63, 3.8) is 0 Å². The van der Waals surface area contributed by atoms with Crippen LogP contribution in [-0.2, 0) is 4.79 Å². The molecule has 0 saturated heterocycles. The molecule has 5 nitrogen and oxygen atoms in total. The Morgan fingerprint density at radius 2 is 1.79 bits per heavy atom. The zero-order chi connectivity index (χ0) is 19.8. The van der Waals surface area contributed by atoms with E-state index in [1.165, 1.54) is 35.0 Å². The summed E-state index contributed by atoms with van der Waals surface area (Å²) in [6, 6.07) is 12.5. The molecule has 0 aliphatic heterocycles. The second kappa shape index (κ2) is 7.24. The fourth-order valence-corrected chi connectivity index (χ4v) is 3.89. The van der Waals surface area contributed by atoms with Crippen LogP contribution in [-0.4, -0.2) is 26.3 Å². The monoisotopic (exact) mass is 394 g/mol. The predicted octanol–water partition coefficient (Wildman–Crippen LogP) is 4.68. The molecule has 0 saturated carbocycles. The number of aryl methyl sites for hydroxylation is 3. The quantitative estimate of drug-likeness (QED) is 0.511. The van der Waals surface area contributed by atoms with Gasteiger partial charge in [-0.2, -0.15) is 0 Å². The van der Waals surface area contributed by atoms with Crippen LogP contribution < -0.4 is 5.32 Å². The van der Waals surface area contributed by atoms with Crippen LogP contribution in [0.2, 0.25) is 0 Å². The van der Waals surface area contributed by atoms with E-state index in [1.807, 2.05) is 11.3 Å². The lowest BCUT2D eigenvalue weighted by molar-refractivity contribution is -0.113. The minimum absolute atomic E-state index is 0.107. The Kier molecular flexibility index (Phi) is 4.77. The topological polar surface area (TPSA) is 59.3 Å². The molecule has 0 aliphatic rings. The highest BCUT2D eigenvalue weighted by Crippen LogP contribution is 2.27. The Morgan fingerprint density at radius 3 is 2.57 bits per heavy atom. The van der Waals surface area contributed by atoms with Crippen LogP contribution in [0.5, 0.6) is 0 Å². The number of hydrogen-bond acceptors (Lipinski definition) is 4. The molecule has 2 aromatic heterocycles. The van der Waals surface area contributed by atoms with Crippen LogP contribution in [0.1, 0.15) is 16.7 Å². The lowest BCUT2D eigenvalue weighted by Gasteiger charge is -2.10. The molecule has 28 heavy (non-hydrogen) atoms. The van der Waals surface area contributed by atoms with Gasteiger partial charge in [0.25, 0.3) is 0 Å². The molecule has 0 aliphatic carbocycles. The van der Waals surface area contributed by atoms with Crippen LogP contribution in [0.4, 0.5) is 10.1 Å². The van der Waals surface area contributed by atoms with Gasteiger partial charge in [-0.25, -0.2) is 4.39 Å². The Morgan fingerprint density at radius 1 is 1.07 bits per heavy atom. The van der Waals surface area contributed by atoms with Gasteiger partial charge < -0.3 is 5.32 Å². The number of hydrogen-bond donors (Lipinski definition) is 1. The van der Waals surface area contributed by atoms with Crippen molar-refractivity contribution >= 4 is 39.9 Å². The van der Waals surface area contributed by atoms with Crippen molar-refractivity contribution in [3.8, 4) is 0 Å². The number of amides is 1. The van der Waals surface area contributed by atoms with Crippen molar-refractivity contribution in [3.05, 3.63) is 65.0 Å². The molecule has 0 unspecified atom stereocenters. The predicted molar refractivity (Wildman–Crippen MR) is 110 cm³/mol. The number of para-hydroxylation sites is 1. The molecule has 7 heteroatoms. The average Bonchev–Trinajstić information content (AvgIpc) is 3.09. The van der Waals surface area contributed by atoms with Crippen molar-refractivity contribution < 1.29 is 9.18 Å². The SMILES string of the molecule is Cc1cc2cc(C)c3nnc(SCC(=O)Nc4ccccc4F)n3c2cc1C. The van der Waals surface area contributed by atoms with Crippen LogP contribution in [0.15, 0.2) is 47.6 Å². The number of pyridine rings is 1. The van der Waals surface area contributed by atoms with Gasteiger partial charge in [0.15, 0.2) is 10.8 Å². The number of aromatic nitrogens is 3. The summed E-state index contributed by atoms with van der Waals surface area (Å²) >= 11 is 1.28. The number of nitrogens with zero attached hydrogens (tertiary/aromatic N) is 3. The maximum absolute atomic E-state index is 13.7. The van der Waals surface area contributed by atoms with Crippen molar-refractivity contribution in [1.82, 2.24) is 14.6 Å². The van der Waals surface area contributed by atoms with Gasteiger partial charge in [0.05, 0.1) is 17.0 Å². The molecule has 4 aromatic rings. The molecule has 1 amide bonds. The Bertz CT molecular complexity index is 1220. The molecule has 0 atom stereocenters. The molecule has 0 bridgehead atoms. The van der Waals surface area contributed by atoms with Gasteiger partial charge in [-0.15, -0.1) is 10.2 Å². The first-order valence-corrected chi connectivity index (χ1v) is 9.85. The Labute approximate surface area is 166 Å². The third-order valence-electron chi connectivity index (χ3n) is 4.72. The van der Waals surface area contributed by atoms with Gasteiger partial charge in [0.1, 0.15) is 5.82 Å². The van der Waals surface area contributed by atoms with Gasteiger partial charge >= 0.3 is 0 Å². The molecule has 2 heterocycles. The number of thioether (sulfide) groups is 1. The normalized spacial score (nSPS) is 11.3. The zero-order valence-electron chi connectivity index (χ0n) is 15.8. The largest absolute Gasteiger partial charge is 0.323 e. The van der Waals surface area contributed by atoms with Gasteiger partial charge in [0.2, 0.25) is 5.91 Å². The third-order valence-corrected chi connectivity index (χ3v) is 5.65. The second-order valence-electron chi connectivity index (χ2n) is 6.78. The van der Waals surface area contributed by atoms with Gasteiger partial charge in [0, 0.05) is 0 Å². The standard InChI is InChI=1S/C21H19FN4OS/c1-12-8-15-9-14(3)20-24-25-21(26(20)18(15)10-13(12)2)28-11-19(27)23-17-7-5-4-6-16(17)22/h4-10H,11H2,1-3H3,(H,23,27). The highest BCUT2D eigenvalue weighted by atomic mass is 32.2. The number of rotatable bonds is 4. The first-order valence-electron chi connectivity index (χ1n) is 8.87. The van der Waals surface area contributed by atoms with E-state index in [1.54, 1.807) is 12.1 Å². The molecular formula is C21H19FN4OS. The molecular weight excluding hydrogens is 375 g/mol. The second-order valence-corrected chi connectivity index (χ2v) is 7.72. The molecule has 2 aromatic carbocycles. The van der Waals surface area contributed by atoms with Crippen molar-refractivity contribution in [2.24, 2.45) is 0 Å². The third kappa shape index (κ3) is 3.33. The van der Waals surface area contributed by atoms with Crippen LogP contribution in [0.3, 0.4) is 0 Å². The zero-order valence-corrected chi connectivity index (χ0v) is 16.6. The Balaban J connectivity index is 1.65. The van der Waals surface area contributed by atoms with Crippen LogP contribution in [0.25, 0.3) is 16.6 Å². The van der Waals surface area contributed by atoms with E-state index < -0.39 is 5.82 Å². The molecule has 4 rings (SSSR count). The lowest BCUT2D eigenvalue weighted by atomic mass is 10.0. The van der Waals surface area contributed by atoms with Gasteiger partial charge in [-0.3, -0.25) is 9.20 Å². The first-order chi connectivity index (χ1) is 13.4. The first kappa shape index (κ1) is 18.4. The van der Waals surface area contributed by atoms with E-state index in [0.29, 0.717) is 5.16 Å². The summed E-state index contributed by atoms with van der Waals surface area (Å²) in [7, 11) is 0. The summed E-state index contributed by atoms with van der Waals surface area (Å²) in [4.78, 5) is 12.3. The average molecular weight is 394 g/mol. The molecule has 0 radical (unpaired) electrons. The summed E-state index contributed by atoms with van der Waals surface area (Å²) in [6.07, 6.45) is 0. The fraction of sp³-hybridized carbons (Fsp3) is 0.190. The van der Waals surface area contributed by atoms with Gasteiger partial charge in [-0.05, 0) is 73.2 Å². The lowest BCUT2D eigenvalue weighted by Crippen LogP contribution is -2.15. The van der Waals surface area contributed by atoms with Crippen LogP contribution in [0, 0.1) is 26.6 Å². The smallest absolute Gasteiger partial charge is 0.234 e. The van der Waals surface area contributed by atoms with Crippen LogP contribution >= 0.6 is 11.8 Å². The van der Waals surface area contributed by atoms with E-state index in [9.17, 15) is 9.18 Å². The summed E-state index contributed by atoms with van der Waals surface area (Å²) in [5, 5.41) is 12.9. The summed E-state index contributed by atoms with van der Waals surface area (Å²) < 4.78 is 15.7. The minimum Gasteiger partial charge on any atom is -0.323 e. The van der Waals surface area contributed by atoms with E-state index in [4.69, 9.17) is 0 Å². The maximum Gasteiger partial charge on any atom is 0.234 e. The highest BCUT2D eigenvalue weighted by Gasteiger charge is 2.15. The minimum atomic E-state index is -0.457. The molecule has 0 fully saturated rings. The summed E-state index contributed by atoms with van der Waals surface area (Å²) in [5.41, 5.74) is 5.37. The van der Waals surface area contributed by atoms with Crippen molar-refractivity contribution in [1.29, 1.82) is 0 Å². The van der Waals surface area contributed by atoms with Gasteiger partial charge in [-0.1, -0.05) is 23.9 Å². The maximum atomic E-state index is 13.7. The van der Waals surface area contributed by atoms with Crippen molar-refractivity contribution in [2.75, 3.05) is 11.1 Å². The van der Waals surface area contributed by atoms with E-state index in [2.05, 4.69) is 47.6 Å². The van der Waals surface area contributed by atoms with Crippen molar-refractivity contribution in [2.45, 2.75) is 25.9 Å². The highest BCUT2D eigenvalue weighted by molar-refractivity contribution is 7.99. The number of carbonyl (C=O) groups is 1. The number of nitrogens with one attached hydrogen (secondary N) is 1. The fourth-order valence-electron chi connectivity index (χ4n) is 3.15. The van der Waals surface area contributed by atoms with E-state index >= 15 is 0 Å². The number of halogens is 1. The number of fused-ring (bicyclic) bond motifs is 3. The molecule has 1 N–H and O–H groups in total. The number of benzene rings is 2.